The first-order valence-corrected chi connectivity index (χ1v) is 11.3. The fourth-order valence-corrected chi connectivity index (χ4v) is 4.03. The Morgan fingerprint density at radius 3 is 2.25 bits per heavy atom. The topological polar surface area (TPSA) is 75.3 Å². The van der Waals surface area contributed by atoms with Crippen LogP contribution in [-0.2, 0) is 27.7 Å². The Kier molecular flexibility index (Phi) is 8.67. The van der Waals surface area contributed by atoms with Crippen molar-refractivity contribution in [3.8, 4) is 0 Å². The molecule has 1 amide bonds. The van der Waals surface area contributed by atoms with E-state index in [9.17, 15) is 13.2 Å². The molecule has 0 unspecified atom stereocenters. The molecular weight excluding hydrogens is 372 g/mol. The summed E-state index contributed by atoms with van der Waals surface area (Å²) in [6.07, 6.45) is 3.64. The van der Waals surface area contributed by atoms with Crippen LogP contribution in [0.1, 0.15) is 44.2 Å². The summed E-state index contributed by atoms with van der Waals surface area (Å²) in [4.78, 5) is 12.2. The summed E-state index contributed by atoms with van der Waals surface area (Å²) >= 11 is 0. The smallest absolute Gasteiger partial charge is 0.240 e. The van der Waals surface area contributed by atoms with Gasteiger partial charge in [0.05, 0.1) is 4.90 Å². The Morgan fingerprint density at radius 2 is 1.61 bits per heavy atom. The Hall–Kier alpha value is -2.18. The summed E-state index contributed by atoms with van der Waals surface area (Å²) < 4.78 is 27.4. The van der Waals surface area contributed by atoms with E-state index in [1.807, 2.05) is 37.3 Å². The van der Waals surface area contributed by atoms with Crippen molar-refractivity contribution < 1.29 is 13.2 Å². The minimum atomic E-state index is -3.53. The maximum atomic E-state index is 12.4. The predicted octanol–water partition coefficient (Wildman–Crippen LogP) is 3.45. The zero-order chi connectivity index (χ0) is 20.4. The molecule has 0 aliphatic carbocycles. The molecule has 0 fully saturated rings. The number of benzene rings is 2. The third kappa shape index (κ3) is 7.44. The third-order valence-corrected chi connectivity index (χ3v) is 6.03. The lowest BCUT2D eigenvalue weighted by Gasteiger charge is -2.12. The fraction of sp³-hybridized carbons (Fsp3) is 0.409. The summed E-state index contributed by atoms with van der Waals surface area (Å²) in [6.45, 7) is 4.45. The Labute approximate surface area is 168 Å². The van der Waals surface area contributed by atoms with Crippen molar-refractivity contribution in [3.05, 3.63) is 65.7 Å². The van der Waals surface area contributed by atoms with E-state index in [0.717, 1.165) is 24.0 Å². The van der Waals surface area contributed by atoms with Gasteiger partial charge in [-0.25, -0.2) is 13.1 Å². The Balaban J connectivity index is 1.82. The highest BCUT2D eigenvalue weighted by Gasteiger charge is 2.13. The number of rotatable bonds is 11. The standard InChI is InChI=1S/C22H30N2O3S/c1-3-7-18(2)24-22(25)15-12-20-10-13-21(14-11-20)28(26,27)23-17-16-19-8-5-4-6-9-19/h4-6,8-11,13-14,18,23H,3,7,12,15-17H2,1-2H3,(H,24,25)/t18-/m1/s1. The molecule has 0 radical (unpaired) electrons. The van der Waals surface area contributed by atoms with Gasteiger partial charge in [0.1, 0.15) is 0 Å². The van der Waals surface area contributed by atoms with E-state index in [1.54, 1.807) is 24.3 Å². The highest BCUT2D eigenvalue weighted by atomic mass is 32.2. The molecule has 152 valence electrons. The minimum Gasteiger partial charge on any atom is -0.354 e. The van der Waals surface area contributed by atoms with E-state index in [0.29, 0.717) is 25.8 Å². The molecule has 28 heavy (non-hydrogen) atoms. The van der Waals surface area contributed by atoms with Crippen LogP contribution >= 0.6 is 0 Å². The molecule has 0 spiro atoms. The summed E-state index contributed by atoms with van der Waals surface area (Å²) in [6, 6.07) is 16.7. The van der Waals surface area contributed by atoms with E-state index in [2.05, 4.69) is 17.0 Å². The maximum absolute atomic E-state index is 12.4. The van der Waals surface area contributed by atoms with Crippen LogP contribution in [0.2, 0.25) is 0 Å². The number of hydrogen-bond acceptors (Lipinski definition) is 3. The quantitative estimate of drug-likeness (QED) is 0.604. The molecule has 0 saturated heterocycles. The van der Waals surface area contributed by atoms with Gasteiger partial charge < -0.3 is 5.32 Å². The first-order chi connectivity index (χ1) is 13.4. The maximum Gasteiger partial charge on any atom is 0.240 e. The third-order valence-electron chi connectivity index (χ3n) is 4.55. The normalized spacial score (nSPS) is 12.5. The van der Waals surface area contributed by atoms with Crippen molar-refractivity contribution in [1.82, 2.24) is 10.0 Å². The van der Waals surface area contributed by atoms with Crippen molar-refractivity contribution in [2.75, 3.05) is 6.54 Å². The van der Waals surface area contributed by atoms with Crippen molar-refractivity contribution >= 4 is 15.9 Å². The minimum absolute atomic E-state index is 0.0280. The molecule has 0 bridgehead atoms. The van der Waals surface area contributed by atoms with Crippen molar-refractivity contribution in [2.45, 2.75) is 56.9 Å². The molecule has 0 aliphatic rings. The Morgan fingerprint density at radius 1 is 0.964 bits per heavy atom. The van der Waals surface area contributed by atoms with E-state index < -0.39 is 10.0 Å². The second kappa shape index (κ2) is 11.0. The number of sulfonamides is 1. The van der Waals surface area contributed by atoms with Crippen LogP contribution in [0.25, 0.3) is 0 Å². The van der Waals surface area contributed by atoms with Gasteiger partial charge in [-0.2, -0.15) is 0 Å². The largest absolute Gasteiger partial charge is 0.354 e. The monoisotopic (exact) mass is 402 g/mol. The molecule has 2 rings (SSSR count). The average Bonchev–Trinajstić information content (AvgIpc) is 2.67. The number of carbonyl (C=O) groups is 1. The molecule has 0 saturated carbocycles. The van der Waals surface area contributed by atoms with Crippen molar-refractivity contribution in [3.63, 3.8) is 0 Å². The van der Waals surface area contributed by atoms with Gasteiger partial charge in [-0.3, -0.25) is 4.79 Å². The van der Waals surface area contributed by atoms with Crippen molar-refractivity contribution in [1.29, 1.82) is 0 Å². The lowest BCUT2D eigenvalue weighted by molar-refractivity contribution is -0.121. The molecule has 2 aromatic carbocycles. The number of amides is 1. The predicted molar refractivity (Wildman–Crippen MR) is 113 cm³/mol. The van der Waals surface area contributed by atoms with Gasteiger partial charge in [0.15, 0.2) is 0 Å². The van der Waals surface area contributed by atoms with E-state index in [-0.39, 0.29) is 16.8 Å². The van der Waals surface area contributed by atoms with Gasteiger partial charge in [0.2, 0.25) is 15.9 Å². The fourth-order valence-electron chi connectivity index (χ4n) is 3.00. The van der Waals surface area contributed by atoms with Crippen LogP contribution in [0.3, 0.4) is 0 Å². The second-order valence-corrected chi connectivity index (χ2v) is 8.80. The summed E-state index contributed by atoms with van der Waals surface area (Å²) in [5.41, 5.74) is 2.04. The summed E-state index contributed by atoms with van der Waals surface area (Å²) in [5, 5.41) is 2.98. The highest BCUT2D eigenvalue weighted by Crippen LogP contribution is 2.12. The first-order valence-electron chi connectivity index (χ1n) is 9.82. The second-order valence-electron chi connectivity index (χ2n) is 7.03. The number of carbonyl (C=O) groups excluding carboxylic acids is 1. The molecule has 5 nitrogen and oxygen atoms in total. The van der Waals surface area contributed by atoms with Crippen LogP contribution in [-0.4, -0.2) is 26.9 Å². The molecule has 0 aliphatic heterocycles. The molecular formula is C22H30N2O3S. The van der Waals surface area contributed by atoms with Crippen molar-refractivity contribution in [2.24, 2.45) is 0 Å². The van der Waals surface area contributed by atoms with E-state index >= 15 is 0 Å². The van der Waals surface area contributed by atoms with Gasteiger partial charge in [0, 0.05) is 19.0 Å². The average molecular weight is 403 g/mol. The first kappa shape index (κ1) is 22.1. The zero-order valence-corrected chi connectivity index (χ0v) is 17.5. The van der Waals surface area contributed by atoms with Crippen LogP contribution in [0.5, 0.6) is 0 Å². The van der Waals surface area contributed by atoms with Gasteiger partial charge >= 0.3 is 0 Å². The summed E-state index contributed by atoms with van der Waals surface area (Å²) in [5.74, 6) is 0.0280. The highest BCUT2D eigenvalue weighted by molar-refractivity contribution is 7.89. The van der Waals surface area contributed by atoms with Crippen LogP contribution in [0.4, 0.5) is 0 Å². The molecule has 0 heterocycles. The zero-order valence-electron chi connectivity index (χ0n) is 16.6. The lowest BCUT2D eigenvalue weighted by atomic mass is 10.1. The van der Waals surface area contributed by atoms with Crippen LogP contribution in [0.15, 0.2) is 59.5 Å². The van der Waals surface area contributed by atoms with Gasteiger partial charge in [-0.1, -0.05) is 55.8 Å². The van der Waals surface area contributed by atoms with Gasteiger partial charge in [-0.05, 0) is 49.4 Å². The van der Waals surface area contributed by atoms with Crippen LogP contribution in [0, 0.1) is 0 Å². The van der Waals surface area contributed by atoms with E-state index in [4.69, 9.17) is 0 Å². The molecule has 2 aromatic rings. The molecule has 2 N–H and O–H groups in total. The SMILES string of the molecule is CCC[C@@H](C)NC(=O)CCc1ccc(S(=O)(=O)NCCc2ccccc2)cc1. The number of hydrogen-bond donors (Lipinski definition) is 2. The number of aryl methyl sites for hydroxylation is 1. The van der Waals surface area contributed by atoms with Crippen LogP contribution < -0.4 is 10.0 Å². The summed E-state index contributed by atoms with van der Waals surface area (Å²) in [7, 11) is -3.53. The lowest BCUT2D eigenvalue weighted by Crippen LogP contribution is -2.32. The van der Waals surface area contributed by atoms with Gasteiger partial charge in [0.25, 0.3) is 0 Å². The molecule has 0 aromatic heterocycles. The molecule has 6 heteroatoms. The molecule has 1 atom stereocenters. The van der Waals surface area contributed by atoms with E-state index in [1.165, 1.54) is 0 Å². The number of nitrogens with one attached hydrogen (secondary N) is 2. The van der Waals surface area contributed by atoms with Gasteiger partial charge in [-0.15, -0.1) is 0 Å². The Bertz CT molecular complexity index is 834.